The van der Waals surface area contributed by atoms with Crippen LogP contribution in [0.5, 0.6) is 0 Å². The molecule has 2 amide bonds. The van der Waals surface area contributed by atoms with Gasteiger partial charge in [-0.05, 0) is 24.3 Å². The molecule has 2 aromatic heterocycles. The van der Waals surface area contributed by atoms with Gasteiger partial charge < -0.3 is 19.4 Å². The molecule has 1 unspecified atom stereocenters. The Hall–Kier alpha value is -3.39. The highest BCUT2D eigenvalue weighted by Crippen LogP contribution is 2.27. The number of benzene rings is 1. The first-order chi connectivity index (χ1) is 13.5. The van der Waals surface area contributed by atoms with E-state index < -0.39 is 18.0 Å². The summed E-state index contributed by atoms with van der Waals surface area (Å²) in [5.74, 6) is -1.25. The molecule has 0 saturated heterocycles. The second kappa shape index (κ2) is 8.53. The summed E-state index contributed by atoms with van der Waals surface area (Å²) >= 11 is 1.05. The highest BCUT2D eigenvalue weighted by molar-refractivity contribution is 7.18. The van der Waals surface area contributed by atoms with Crippen molar-refractivity contribution in [2.75, 3.05) is 19.4 Å². The Labute approximate surface area is 165 Å². The minimum absolute atomic E-state index is 0.165. The summed E-state index contributed by atoms with van der Waals surface area (Å²) in [6.45, 7) is 0. The molecule has 1 N–H and O–H groups in total. The molecule has 0 radical (unpaired) electrons. The fraction of sp³-hybridized carbons (Fsp3) is 0.150. The average Bonchev–Trinajstić information content (AvgIpc) is 3.38. The lowest BCUT2D eigenvalue weighted by Crippen LogP contribution is -2.31. The predicted octanol–water partition coefficient (Wildman–Crippen LogP) is 3.58. The number of likely N-dealkylation sites (N-methyl/N-ethyl adjacent to an activating group) is 1. The summed E-state index contributed by atoms with van der Waals surface area (Å²) < 4.78 is 10.5. The van der Waals surface area contributed by atoms with E-state index in [-0.39, 0.29) is 16.5 Å². The highest BCUT2D eigenvalue weighted by atomic mass is 32.1. The van der Waals surface area contributed by atoms with E-state index in [0.717, 1.165) is 11.3 Å². The van der Waals surface area contributed by atoms with Gasteiger partial charge in [0.05, 0.1) is 11.3 Å². The van der Waals surface area contributed by atoms with Crippen LogP contribution in [0.2, 0.25) is 0 Å². The lowest BCUT2D eigenvalue weighted by molar-refractivity contribution is -0.138. The summed E-state index contributed by atoms with van der Waals surface area (Å²) in [5, 5.41) is 3.11. The van der Waals surface area contributed by atoms with Crippen LogP contribution in [0.25, 0.3) is 0 Å². The van der Waals surface area contributed by atoms with E-state index in [0.29, 0.717) is 10.6 Å². The Morgan fingerprint density at radius 1 is 1.04 bits per heavy atom. The van der Waals surface area contributed by atoms with Crippen molar-refractivity contribution < 1.29 is 23.5 Å². The third-order valence-electron chi connectivity index (χ3n) is 3.78. The summed E-state index contributed by atoms with van der Waals surface area (Å²) in [6, 6.07) is 15.1. The van der Waals surface area contributed by atoms with Crippen LogP contribution in [0.3, 0.4) is 0 Å². The van der Waals surface area contributed by atoms with Gasteiger partial charge in [0.2, 0.25) is 6.10 Å². The molecular formula is C20H18N2O5S. The fourth-order valence-corrected chi connectivity index (χ4v) is 3.17. The molecule has 28 heavy (non-hydrogen) atoms. The van der Waals surface area contributed by atoms with Crippen molar-refractivity contribution in [1.29, 1.82) is 0 Å². The average molecular weight is 398 g/mol. The maximum atomic E-state index is 12.6. The molecule has 7 nitrogen and oxygen atoms in total. The van der Waals surface area contributed by atoms with Gasteiger partial charge in [0.15, 0.2) is 5.76 Å². The van der Waals surface area contributed by atoms with E-state index in [9.17, 15) is 14.4 Å². The minimum atomic E-state index is -1.05. The number of furan rings is 1. The molecule has 0 spiro atoms. The summed E-state index contributed by atoms with van der Waals surface area (Å²) in [7, 11) is 3.19. The Morgan fingerprint density at radius 2 is 1.79 bits per heavy atom. The maximum Gasteiger partial charge on any atom is 0.349 e. The van der Waals surface area contributed by atoms with Crippen LogP contribution in [0, 0.1) is 0 Å². The topological polar surface area (TPSA) is 88.9 Å². The molecule has 144 valence electrons. The van der Waals surface area contributed by atoms with Crippen molar-refractivity contribution in [2.24, 2.45) is 0 Å². The van der Waals surface area contributed by atoms with Crippen LogP contribution in [0.15, 0.2) is 65.3 Å². The number of ether oxygens (including phenoxy) is 1. The van der Waals surface area contributed by atoms with E-state index >= 15 is 0 Å². The third kappa shape index (κ3) is 4.47. The number of esters is 1. The van der Waals surface area contributed by atoms with E-state index in [1.165, 1.54) is 23.3 Å². The molecule has 8 heteroatoms. The van der Waals surface area contributed by atoms with Gasteiger partial charge in [-0.1, -0.05) is 30.3 Å². The van der Waals surface area contributed by atoms with Crippen molar-refractivity contribution in [3.8, 4) is 0 Å². The van der Waals surface area contributed by atoms with Crippen molar-refractivity contribution in [3.63, 3.8) is 0 Å². The quantitative estimate of drug-likeness (QED) is 0.641. The minimum Gasteiger partial charge on any atom is -0.459 e. The predicted molar refractivity (Wildman–Crippen MR) is 104 cm³/mol. The normalized spacial score (nSPS) is 11.5. The molecular weight excluding hydrogens is 380 g/mol. The van der Waals surface area contributed by atoms with Crippen LogP contribution in [0.4, 0.5) is 5.00 Å². The standard InChI is InChI=1S/C20H18N2O5S/c1-22(2)19(24)17(13-7-4-3-5-8-13)27-20(25)15-10-11-16(28-15)21-18(23)14-9-6-12-26-14/h3-12,17H,1-2H3,(H,21,23). The molecule has 1 atom stereocenters. The molecule has 0 aliphatic rings. The number of rotatable bonds is 6. The molecule has 0 aliphatic carbocycles. The SMILES string of the molecule is CN(C)C(=O)C(OC(=O)c1ccc(NC(=O)c2ccco2)s1)c1ccccc1. The number of hydrogen-bond acceptors (Lipinski definition) is 6. The summed E-state index contributed by atoms with van der Waals surface area (Å²) in [4.78, 5) is 38.7. The zero-order chi connectivity index (χ0) is 20.1. The first-order valence-electron chi connectivity index (χ1n) is 8.37. The largest absolute Gasteiger partial charge is 0.459 e. The Bertz CT molecular complexity index is 964. The van der Waals surface area contributed by atoms with Gasteiger partial charge in [-0.2, -0.15) is 0 Å². The Balaban J connectivity index is 1.73. The number of carbonyl (C=O) groups excluding carboxylic acids is 3. The van der Waals surface area contributed by atoms with Gasteiger partial charge in [0.25, 0.3) is 11.8 Å². The molecule has 1 aromatic carbocycles. The number of thiophene rings is 1. The number of carbonyl (C=O) groups is 3. The molecule has 0 fully saturated rings. The van der Waals surface area contributed by atoms with E-state index in [1.54, 1.807) is 50.5 Å². The zero-order valence-corrected chi connectivity index (χ0v) is 16.1. The van der Waals surface area contributed by atoms with Gasteiger partial charge in [-0.25, -0.2) is 4.79 Å². The van der Waals surface area contributed by atoms with E-state index in [4.69, 9.17) is 9.15 Å². The monoisotopic (exact) mass is 398 g/mol. The van der Waals surface area contributed by atoms with Crippen molar-refractivity contribution in [2.45, 2.75) is 6.10 Å². The van der Waals surface area contributed by atoms with Gasteiger partial charge in [-0.15, -0.1) is 11.3 Å². The van der Waals surface area contributed by atoms with E-state index in [2.05, 4.69) is 5.32 Å². The first-order valence-corrected chi connectivity index (χ1v) is 9.19. The van der Waals surface area contributed by atoms with Crippen LogP contribution in [-0.4, -0.2) is 36.8 Å². The highest BCUT2D eigenvalue weighted by Gasteiger charge is 2.27. The van der Waals surface area contributed by atoms with Crippen molar-refractivity contribution in [1.82, 2.24) is 4.90 Å². The maximum absolute atomic E-state index is 12.6. The van der Waals surface area contributed by atoms with Crippen LogP contribution >= 0.6 is 11.3 Å². The van der Waals surface area contributed by atoms with Crippen LogP contribution in [0.1, 0.15) is 31.9 Å². The number of anilines is 1. The fourth-order valence-electron chi connectivity index (χ4n) is 2.38. The van der Waals surface area contributed by atoms with Gasteiger partial charge in [0, 0.05) is 19.7 Å². The molecule has 0 aliphatic heterocycles. The summed E-state index contributed by atoms with van der Waals surface area (Å²) in [6.07, 6.45) is 0.351. The smallest absolute Gasteiger partial charge is 0.349 e. The number of nitrogens with zero attached hydrogens (tertiary/aromatic N) is 1. The first kappa shape index (κ1) is 19.4. The van der Waals surface area contributed by atoms with Crippen LogP contribution < -0.4 is 5.32 Å². The third-order valence-corrected chi connectivity index (χ3v) is 4.76. The molecule has 0 bridgehead atoms. The number of nitrogens with one attached hydrogen (secondary N) is 1. The lowest BCUT2D eigenvalue weighted by Gasteiger charge is -2.20. The molecule has 0 saturated carbocycles. The molecule has 3 aromatic rings. The molecule has 3 rings (SSSR count). The Kier molecular flexibility index (Phi) is 5.90. The molecule has 2 heterocycles. The second-order valence-corrected chi connectivity index (χ2v) is 7.11. The number of hydrogen-bond donors (Lipinski definition) is 1. The second-order valence-electron chi connectivity index (χ2n) is 6.02. The van der Waals surface area contributed by atoms with Gasteiger partial charge in [0.1, 0.15) is 4.88 Å². The Morgan fingerprint density at radius 3 is 2.43 bits per heavy atom. The summed E-state index contributed by atoms with van der Waals surface area (Å²) in [5.41, 5.74) is 0.581. The van der Waals surface area contributed by atoms with Crippen LogP contribution in [-0.2, 0) is 9.53 Å². The lowest BCUT2D eigenvalue weighted by atomic mass is 10.1. The van der Waals surface area contributed by atoms with Gasteiger partial charge in [-0.3, -0.25) is 9.59 Å². The van der Waals surface area contributed by atoms with Gasteiger partial charge >= 0.3 is 5.97 Å². The number of amides is 2. The van der Waals surface area contributed by atoms with Crippen molar-refractivity contribution in [3.05, 3.63) is 77.1 Å². The van der Waals surface area contributed by atoms with Crippen molar-refractivity contribution >= 4 is 34.1 Å². The zero-order valence-electron chi connectivity index (χ0n) is 15.2. The van der Waals surface area contributed by atoms with E-state index in [1.807, 2.05) is 6.07 Å².